The van der Waals surface area contributed by atoms with Crippen LogP contribution in [-0.4, -0.2) is 19.1 Å². The Labute approximate surface area is 199 Å². The van der Waals surface area contributed by atoms with Crippen molar-refractivity contribution >= 4 is 29.1 Å². The first-order valence-electron chi connectivity index (χ1n) is 10.8. The SMILES string of the molecule is CC(C=CCCCCCCOCc1c(Cl)cc(C(F)(F)F)cc1Cl)=CC(=O)NCC(C)C. The third-order valence-electron chi connectivity index (χ3n) is 4.55. The van der Waals surface area contributed by atoms with Crippen LogP contribution in [0.4, 0.5) is 13.2 Å². The third kappa shape index (κ3) is 11.9. The Bertz CT molecular complexity index is 767. The summed E-state index contributed by atoms with van der Waals surface area (Å²) in [6.07, 6.45) is 5.94. The summed E-state index contributed by atoms with van der Waals surface area (Å²) in [6, 6.07) is 1.74. The topological polar surface area (TPSA) is 38.3 Å². The molecule has 180 valence electrons. The van der Waals surface area contributed by atoms with Crippen molar-refractivity contribution in [3.05, 3.63) is 57.1 Å². The summed E-state index contributed by atoms with van der Waals surface area (Å²) >= 11 is 11.9. The zero-order chi connectivity index (χ0) is 24.1. The van der Waals surface area contributed by atoms with E-state index in [4.69, 9.17) is 27.9 Å². The molecule has 0 atom stereocenters. The van der Waals surface area contributed by atoms with Gasteiger partial charge in [-0.1, -0.05) is 62.0 Å². The monoisotopic (exact) mass is 493 g/mol. The smallest absolute Gasteiger partial charge is 0.377 e. The van der Waals surface area contributed by atoms with Crippen molar-refractivity contribution in [1.29, 1.82) is 0 Å². The van der Waals surface area contributed by atoms with E-state index >= 15 is 0 Å². The van der Waals surface area contributed by atoms with Crippen LogP contribution in [-0.2, 0) is 22.3 Å². The minimum atomic E-state index is -4.49. The van der Waals surface area contributed by atoms with E-state index in [1.54, 1.807) is 6.08 Å². The molecule has 0 unspecified atom stereocenters. The van der Waals surface area contributed by atoms with Gasteiger partial charge >= 0.3 is 6.18 Å². The van der Waals surface area contributed by atoms with E-state index in [2.05, 4.69) is 11.4 Å². The Balaban J connectivity index is 2.20. The molecule has 0 aliphatic heterocycles. The highest BCUT2D eigenvalue weighted by molar-refractivity contribution is 6.36. The molecule has 0 radical (unpaired) electrons. The van der Waals surface area contributed by atoms with Crippen LogP contribution in [0.1, 0.15) is 64.0 Å². The number of alkyl halides is 3. The van der Waals surface area contributed by atoms with Crippen LogP contribution in [0.25, 0.3) is 0 Å². The van der Waals surface area contributed by atoms with E-state index in [1.807, 2.05) is 26.8 Å². The van der Waals surface area contributed by atoms with E-state index in [1.165, 1.54) is 0 Å². The number of carbonyl (C=O) groups is 1. The van der Waals surface area contributed by atoms with E-state index in [9.17, 15) is 18.0 Å². The van der Waals surface area contributed by atoms with Crippen molar-refractivity contribution < 1.29 is 22.7 Å². The van der Waals surface area contributed by atoms with Gasteiger partial charge in [-0.25, -0.2) is 0 Å². The second kappa shape index (κ2) is 14.6. The largest absolute Gasteiger partial charge is 0.416 e. The zero-order valence-corrected chi connectivity index (χ0v) is 20.3. The highest BCUT2D eigenvalue weighted by atomic mass is 35.5. The van der Waals surface area contributed by atoms with Crippen LogP contribution >= 0.6 is 23.2 Å². The molecule has 1 rings (SSSR count). The summed E-state index contributed by atoms with van der Waals surface area (Å²) in [6.45, 7) is 7.23. The molecule has 3 nitrogen and oxygen atoms in total. The molecule has 0 heterocycles. The minimum Gasteiger partial charge on any atom is -0.377 e. The summed E-state index contributed by atoms with van der Waals surface area (Å²) in [7, 11) is 0. The Kier molecular flexibility index (Phi) is 13.0. The van der Waals surface area contributed by atoms with Gasteiger partial charge in [0.25, 0.3) is 0 Å². The van der Waals surface area contributed by atoms with Gasteiger partial charge in [0, 0.05) is 34.8 Å². The number of amides is 1. The molecule has 1 amide bonds. The molecule has 32 heavy (non-hydrogen) atoms. The maximum Gasteiger partial charge on any atom is 0.416 e. The van der Waals surface area contributed by atoms with Crippen LogP contribution in [0, 0.1) is 5.92 Å². The van der Waals surface area contributed by atoms with Gasteiger partial charge in [0.05, 0.1) is 12.2 Å². The number of halogens is 5. The van der Waals surface area contributed by atoms with Gasteiger partial charge in [0.1, 0.15) is 0 Å². The number of carbonyl (C=O) groups excluding carboxylic acids is 1. The molecule has 1 N–H and O–H groups in total. The lowest BCUT2D eigenvalue weighted by Crippen LogP contribution is -2.25. The fourth-order valence-electron chi connectivity index (χ4n) is 2.78. The summed E-state index contributed by atoms with van der Waals surface area (Å²) in [5, 5.41) is 2.77. The van der Waals surface area contributed by atoms with Gasteiger partial charge in [0.2, 0.25) is 5.91 Å². The Morgan fingerprint density at radius 1 is 1.12 bits per heavy atom. The number of ether oxygens (including phenoxy) is 1. The fourth-order valence-corrected chi connectivity index (χ4v) is 3.37. The van der Waals surface area contributed by atoms with Crippen molar-refractivity contribution in [3.8, 4) is 0 Å². The third-order valence-corrected chi connectivity index (χ3v) is 5.22. The number of unbranched alkanes of at least 4 members (excludes halogenated alkanes) is 4. The summed E-state index contributed by atoms with van der Waals surface area (Å²) < 4.78 is 43.8. The van der Waals surface area contributed by atoms with Gasteiger partial charge in [0.15, 0.2) is 0 Å². The lowest BCUT2D eigenvalue weighted by atomic mass is 10.1. The Morgan fingerprint density at radius 2 is 1.75 bits per heavy atom. The van der Waals surface area contributed by atoms with Gasteiger partial charge in [-0.15, -0.1) is 0 Å². The summed E-state index contributed by atoms with van der Waals surface area (Å²) in [5.74, 6) is 0.355. The molecule has 8 heteroatoms. The number of allylic oxidation sites excluding steroid dienone is 3. The fraction of sp³-hybridized carbons (Fsp3) is 0.542. The maximum absolute atomic E-state index is 12.8. The normalized spacial score (nSPS) is 12.7. The first kappa shape index (κ1) is 28.5. The van der Waals surface area contributed by atoms with Crippen molar-refractivity contribution in [2.75, 3.05) is 13.2 Å². The predicted octanol–water partition coefficient (Wildman–Crippen LogP) is 7.75. The summed E-state index contributed by atoms with van der Waals surface area (Å²) in [5.41, 5.74) is 0.415. The molecule has 0 spiro atoms. The molecule has 0 saturated carbocycles. The number of nitrogens with one attached hydrogen (secondary N) is 1. The van der Waals surface area contributed by atoms with Crippen molar-refractivity contribution in [2.24, 2.45) is 5.92 Å². The molecule has 0 fully saturated rings. The Morgan fingerprint density at radius 3 is 2.34 bits per heavy atom. The average molecular weight is 494 g/mol. The molecule has 0 bridgehead atoms. The van der Waals surface area contributed by atoms with Crippen LogP contribution in [0.5, 0.6) is 0 Å². The lowest BCUT2D eigenvalue weighted by molar-refractivity contribution is -0.137. The Hall–Kier alpha value is -1.50. The average Bonchev–Trinajstić information content (AvgIpc) is 2.68. The molecule has 0 aromatic heterocycles. The lowest BCUT2D eigenvalue weighted by Gasteiger charge is -2.12. The molecule has 0 aliphatic rings. The maximum atomic E-state index is 12.8. The highest BCUT2D eigenvalue weighted by Crippen LogP contribution is 2.36. The van der Waals surface area contributed by atoms with E-state index < -0.39 is 11.7 Å². The van der Waals surface area contributed by atoms with Gasteiger partial charge < -0.3 is 10.1 Å². The van der Waals surface area contributed by atoms with Crippen LogP contribution < -0.4 is 5.32 Å². The van der Waals surface area contributed by atoms with Crippen LogP contribution in [0.3, 0.4) is 0 Å². The second-order valence-electron chi connectivity index (χ2n) is 8.10. The number of rotatable bonds is 13. The molecule has 0 aliphatic carbocycles. The number of hydrogen-bond donors (Lipinski definition) is 1. The van der Waals surface area contributed by atoms with Crippen LogP contribution in [0.15, 0.2) is 35.9 Å². The summed E-state index contributed by atoms with van der Waals surface area (Å²) in [4.78, 5) is 11.7. The predicted molar refractivity (Wildman–Crippen MR) is 125 cm³/mol. The number of hydrogen-bond acceptors (Lipinski definition) is 2. The molecular weight excluding hydrogens is 462 g/mol. The number of benzene rings is 1. The zero-order valence-electron chi connectivity index (χ0n) is 18.8. The first-order chi connectivity index (χ1) is 15.0. The second-order valence-corrected chi connectivity index (χ2v) is 8.92. The molecular formula is C24H32Cl2F3NO2. The van der Waals surface area contributed by atoms with E-state index in [-0.39, 0.29) is 22.6 Å². The van der Waals surface area contributed by atoms with Gasteiger partial charge in [-0.05, 0) is 49.8 Å². The van der Waals surface area contributed by atoms with Crippen molar-refractivity contribution in [1.82, 2.24) is 5.32 Å². The first-order valence-corrected chi connectivity index (χ1v) is 11.5. The van der Waals surface area contributed by atoms with E-state index in [0.717, 1.165) is 49.8 Å². The van der Waals surface area contributed by atoms with Crippen molar-refractivity contribution in [2.45, 2.75) is 65.7 Å². The standard InChI is InChI=1S/C24H32Cl2F3NO2/c1-17(2)15-30-23(31)12-18(3)10-8-6-4-5-7-9-11-32-16-20-21(25)13-19(14-22(20)26)24(27,28)29/h8,10,12-14,17H,4-7,9,11,15-16H2,1-3H3,(H,30,31). The van der Waals surface area contributed by atoms with E-state index in [0.29, 0.717) is 24.6 Å². The highest BCUT2D eigenvalue weighted by Gasteiger charge is 2.31. The molecule has 0 saturated heterocycles. The minimum absolute atomic E-state index is 0.0432. The van der Waals surface area contributed by atoms with Crippen LogP contribution in [0.2, 0.25) is 10.0 Å². The van der Waals surface area contributed by atoms with Gasteiger partial charge in [-0.2, -0.15) is 13.2 Å². The van der Waals surface area contributed by atoms with Crippen molar-refractivity contribution in [3.63, 3.8) is 0 Å². The molecule has 1 aromatic rings. The molecule has 1 aromatic carbocycles. The quantitative estimate of drug-likeness (QED) is 0.173. The van der Waals surface area contributed by atoms with Gasteiger partial charge in [-0.3, -0.25) is 4.79 Å².